The fraction of sp³-hybridized carbons (Fsp3) is 0.556. The first-order chi connectivity index (χ1) is 21.5. The lowest BCUT2D eigenvalue weighted by molar-refractivity contribution is -0.114. The fourth-order valence-corrected chi connectivity index (χ4v) is 6.50. The van der Waals surface area contributed by atoms with Crippen LogP contribution in [0.4, 0.5) is 11.4 Å². The summed E-state index contributed by atoms with van der Waals surface area (Å²) in [7, 11) is -1.11. The van der Waals surface area contributed by atoms with Crippen LogP contribution in [0.1, 0.15) is 106 Å². The molecule has 10 heteroatoms. The van der Waals surface area contributed by atoms with Gasteiger partial charge in [-0.3, -0.25) is 9.59 Å². The van der Waals surface area contributed by atoms with Crippen LogP contribution < -0.4 is 20.7 Å². The molecule has 0 aromatic heterocycles. The number of carbonyl (C=O) groups excluding carboxylic acids is 2. The van der Waals surface area contributed by atoms with Crippen LogP contribution >= 0.6 is 0 Å². The van der Waals surface area contributed by atoms with Crippen molar-refractivity contribution in [2.45, 2.75) is 117 Å². The zero-order chi connectivity index (χ0) is 33.4. The van der Waals surface area contributed by atoms with Gasteiger partial charge in [-0.2, -0.15) is 0 Å². The second-order valence-corrected chi connectivity index (χ2v) is 15.1. The number of rotatable bonds is 8. The highest BCUT2D eigenvalue weighted by molar-refractivity contribution is 6.63. The molecular weight excluding hydrogens is 578 g/mol. The van der Waals surface area contributed by atoms with Crippen molar-refractivity contribution in [3.8, 4) is 0 Å². The molecule has 0 bridgehead atoms. The van der Waals surface area contributed by atoms with Crippen LogP contribution in [0, 0.1) is 0 Å². The van der Waals surface area contributed by atoms with Crippen LogP contribution in [0.25, 0.3) is 11.1 Å². The molecule has 4 aliphatic heterocycles. The Morgan fingerprint density at radius 2 is 0.891 bits per heavy atom. The first-order valence-corrected chi connectivity index (χ1v) is 16.9. The number of amides is 2. The van der Waals surface area contributed by atoms with Crippen LogP contribution in [0.15, 0.2) is 36.4 Å². The molecule has 2 aromatic carbocycles. The summed E-state index contributed by atoms with van der Waals surface area (Å²) in [6, 6.07) is 11.9. The van der Waals surface area contributed by atoms with E-state index in [0.717, 1.165) is 59.1 Å². The van der Waals surface area contributed by atoms with Crippen molar-refractivity contribution in [2.24, 2.45) is 0 Å². The van der Waals surface area contributed by atoms with Gasteiger partial charge in [-0.15, -0.1) is 0 Å². The molecule has 0 radical (unpaired) electrons. The summed E-state index contributed by atoms with van der Waals surface area (Å²) >= 11 is 0. The third-order valence-corrected chi connectivity index (χ3v) is 10.9. The smallest absolute Gasteiger partial charge is 0.399 e. The van der Waals surface area contributed by atoms with Crippen LogP contribution in [-0.4, -0.2) is 61.5 Å². The van der Waals surface area contributed by atoms with E-state index in [4.69, 9.17) is 18.6 Å². The topological polar surface area (TPSA) is 77.5 Å². The van der Waals surface area contributed by atoms with Gasteiger partial charge in [0.2, 0.25) is 0 Å². The fourth-order valence-electron chi connectivity index (χ4n) is 6.50. The Morgan fingerprint density at radius 3 is 1.20 bits per heavy atom. The van der Waals surface area contributed by atoms with Crippen molar-refractivity contribution in [3.05, 3.63) is 47.5 Å². The summed E-state index contributed by atoms with van der Waals surface area (Å²) in [4.78, 5) is 32.4. The van der Waals surface area contributed by atoms with Crippen molar-refractivity contribution >= 4 is 59.5 Å². The third kappa shape index (κ3) is 5.16. The first kappa shape index (κ1) is 33.0. The largest absolute Gasteiger partial charge is 0.494 e. The lowest BCUT2D eigenvalue weighted by atomic mass is 9.77. The summed E-state index contributed by atoms with van der Waals surface area (Å²) in [5.41, 5.74) is 3.81. The molecule has 46 heavy (non-hydrogen) atoms. The Balaban J connectivity index is 1.46. The van der Waals surface area contributed by atoms with Crippen molar-refractivity contribution in [1.29, 1.82) is 0 Å². The number of fused-ring (bicyclic) bond motifs is 2. The second-order valence-electron chi connectivity index (χ2n) is 15.1. The number of hydrogen-bond donors (Lipinski definition) is 0. The Bertz CT molecular complexity index is 1460. The van der Waals surface area contributed by atoms with Gasteiger partial charge in [-0.25, -0.2) is 0 Å². The number of anilines is 2. The Labute approximate surface area is 275 Å². The van der Waals surface area contributed by atoms with E-state index in [2.05, 4.69) is 13.8 Å². The molecule has 0 saturated carbocycles. The van der Waals surface area contributed by atoms with Gasteiger partial charge < -0.3 is 28.4 Å². The zero-order valence-electron chi connectivity index (χ0n) is 29.2. The Hall–Kier alpha value is -2.91. The molecule has 2 aromatic rings. The molecule has 244 valence electrons. The maximum absolute atomic E-state index is 14.4. The summed E-state index contributed by atoms with van der Waals surface area (Å²) in [6.07, 6.45) is 3.57. The van der Waals surface area contributed by atoms with E-state index in [1.165, 1.54) is 0 Å². The lowest BCUT2D eigenvalue weighted by Crippen LogP contribution is -2.41. The summed E-state index contributed by atoms with van der Waals surface area (Å²) in [6.45, 7) is 21.6. The number of nitrogens with zero attached hydrogens (tertiary/aromatic N) is 2. The maximum Gasteiger partial charge on any atom is 0.494 e. The predicted octanol–water partition coefficient (Wildman–Crippen LogP) is 5.49. The molecule has 6 rings (SSSR count). The Morgan fingerprint density at radius 1 is 0.565 bits per heavy atom. The minimum absolute atomic E-state index is 0.142. The molecule has 2 fully saturated rings. The zero-order valence-corrected chi connectivity index (χ0v) is 29.2. The molecule has 0 aliphatic carbocycles. The van der Waals surface area contributed by atoms with Gasteiger partial charge >= 0.3 is 14.2 Å². The molecule has 0 spiro atoms. The average molecular weight is 626 g/mol. The van der Waals surface area contributed by atoms with E-state index in [1.807, 2.05) is 102 Å². The quantitative estimate of drug-likeness (QED) is 0.285. The second kappa shape index (κ2) is 11.4. The maximum atomic E-state index is 14.4. The van der Waals surface area contributed by atoms with Crippen LogP contribution in [0.2, 0.25) is 0 Å². The van der Waals surface area contributed by atoms with Gasteiger partial charge in [0.05, 0.1) is 44.9 Å². The van der Waals surface area contributed by atoms with E-state index in [0.29, 0.717) is 24.2 Å². The summed E-state index contributed by atoms with van der Waals surface area (Å²) in [5.74, 6) is -0.285. The van der Waals surface area contributed by atoms with Gasteiger partial charge in [0.1, 0.15) is 0 Å². The molecule has 2 saturated heterocycles. The molecule has 4 heterocycles. The summed E-state index contributed by atoms with van der Waals surface area (Å²) < 4.78 is 25.4. The third-order valence-electron chi connectivity index (χ3n) is 10.9. The molecule has 4 aliphatic rings. The number of unbranched alkanes of at least 4 members (excludes halogenated alkanes) is 2. The van der Waals surface area contributed by atoms with Gasteiger partial charge in [0, 0.05) is 24.2 Å². The highest BCUT2D eigenvalue weighted by Crippen LogP contribution is 2.47. The first-order valence-electron chi connectivity index (χ1n) is 16.9. The van der Waals surface area contributed by atoms with E-state index >= 15 is 0 Å². The van der Waals surface area contributed by atoms with Crippen molar-refractivity contribution in [1.82, 2.24) is 0 Å². The van der Waals surface area contributed by atoms with E-state index < -0.39 is 36.6 Å². The van der Waals surface area contributed by atoms with Gasteiger partial charge in [-0.1, -0.05) is 51.0 Å². The van der Waals surface area contributed by atoms with Gasteiger partial charge in [0.15, 0.2) is 0 Å². The van der Waals surface area contributed by atoms with Crippen molar-refractivity contribution in [2.75, 3.05) is 22.9 Å². The molecule has 2 amide bonds. The summed E-state index contributed by atoms with van der Waals surface area (Å²) in [5, 5.41) is 0. The van der Waals surface area contributed by atoms with E-state index in [1.54, 1.807) is 0 Å². The van der Waals surface area contributed by atoms with E-state index in [-0.39, 0.29) is 11.8 Å². The van der Waals surface area contributed by atoms with Crippen LogP contribution in [0.3, 0.4) is 0 Å². The number of carbonyl (C=O) groups is 2. The highest BCUT2D eigenvalue weighted by Gasteiger charge is 2.53. The average Bonchev–Trinajstić information content (AvgIpc) is 3.57. The van der Waals surface area contributed by atoms with E-state index in [9.17, 15) is 9.59 Å². The van der Waals surface area contributed by atoms with Crippen LogP contribution in [0.5, 0.6) is 0 Å². The highest BCUT2D eigenvalue weighted by atomic mass is 16.7. The SMILES string of the molecule is CCCCN1C(=O)/C(=C2/C(=O)N(CCCC)c3cc(B4OC(C)(C)C(C)(C)O4)ccc32)c2ccc(B3OC(C)(C)C(C)(C)O3)cc21. The normalized spacial score (nSPS) is 24.0. The molecular formula is C36H48B2N2O6. The molecule has 0 N–H and O–H groups in total. The Kier molecular flexibility index (Phi) is 8.15. The predicted molar refractivity (Wildman–Crippen MR) is 186 cm³/mol. The van der Waals surface area contributed by atoms with Crippen molar-refractivity contribution < 1.29 is 28.2 Å². The number of hydrogen-bond acceptors (Lipinski definition) is 6. The number of benzene rings is 2. The van der Waals surface area contributed by atoms with Crippen molar-refractivity contribution in [3.63, 3.8) is 0 Å². The lowest BCUT2D eigenvalue weighted by Gasteiger charge is -2.32. The van der Waals surface area contributed by atoms with Gasteiger partial charge in [-0.05, 0) is 91.3 Å². The molecule has 0 unspecified atom stereocenters. The molecule has 0 atom stereocenters. The minimum atomic E-state index is -0.554. The van der Waals surface area contributed by atoms with Gasteiger partial charge in [0.25, 0.3) is 11.8 Å². The van der Waals surface area contributed by atoms with Crippen LogP contribution in [-0.2, 0) is 28.2 Å². The minimum Gasteiger partial charge on any atom is -0.399 e. The monoisotopic (exact) mass is 626 g/mol. The standard InChI is InChI=1S/C36H48B2N2O6/c1-11-13-19-39-27-21-23(37-43-33(3,4)34(5,6)44-37)15-17-25(27)29(31(39)41)30-26-18-16-24(38-45-35(7,8)36(9,10)46-38)22-28(26)40(32(30)42)20-14-12-2/h15-18,21-22H,11-14,19-20H2,1-10H3/b30-29+. The molecule has 8 nitrogen and oxygen atoms in total.